The Labute approximate surface area is 116 Å². The molecule has 2 heterocycles. The predicted molar refractivity (Wildman–Crippen MR) is 78.4 cm³/mol. The summed E-state index contributed by atoms with van der Waals surface area (Å²) in [5, 5.41) is 5.55. The van der Waals surface area contributed by atoms with E-state index >= 15 is 0 Å². The number of quaternary nitrogens is 1. The third-order valence-corrected chi connectivity index (χ3v) is 3.63. The smallest absolute Gasteiger partial charge is 0.118 e. The number of allylic oxidation sites excluding steroid dienone is 4. The average molecular weight is 264 g/mol. The first kappa shape index (κ1) is 14.1. The largest absolute Gasteiger partial charge is 0.398 e. The molecule has 0 saturated heterocycles. The van der Waals surface area contributed by atoms with E-state index in [-0.39, 0.29) is 6.17 Å². The molecule has 0 aliphatic carbocycles. The Morgan fingerprint density at radius 3 is 2.63 bits per heavy atom. The summed E-state index contributed by atoms with van der Waals surface area (Å²) in [7, 11) is 6.56. The summed E-state index contributed by atoms with van der Waals surface area (Å²) in [5.41, 5.74) is 14.0. The van der Waals surface area contributed by atoms with Gasteiger partial charge in [0.25, 0.3) is 0 Å². The molecule has 1 unspecified atom stereocenters. The van der Waals surface area contributed by atoms with Crippen molar-refractivity contribution >= 4 is 0 Å². The van der Waals surface area contributed by atoms with Gasteiger partial charge in [0.15, 0.2) is 0 Å². The molecule has 0 aromatic carbocycles. The molecule has 2 aliphatic heterocycles. The number of hydrazine groups is 1. The molecule has 0 fully saturated rings. The molecule has 0 radical (unpaired) electrons. The lowest BCUT2D eigenvalue weighted by Crippen LogP contribution is -2.50. The number of nitrogens with one attached hydrogen (secondary N) is 2. The Morgan fingerprint density at radius 1 is 1.32 bits per heavy atom. The molecule has 5 nitrogen and oxygen atoms in total. The molecule has 1 atom stereocenters. The first-order valence-electron chi connectivity index (χ1n) is 6.75. The molecule has 2 rings (SSSR count). The van der Waals surface area contributed by atoms with E-state index in [9.17, 15) is 0 Å². The maximum atomic E-state index is 6.23. The van der Waals surface area contributed by atoms with Crippen molar-refractivity contribution in [3.8, 4) is 0 Å². The summed E-state index contributed by atoms with van der Waals surface area (Å²) >= 11 is 0. The highest BCUT2D eigenvalue weighted by Crippen LogP contribution is 2.27. The van der Waals surface area contributed by atoms with Gasteiger partial charge < -0.3 is 10.2 Å². The third-order valence-electron chi connectivity index (χ3n) is 3.63. The maximum Gasteiger partial charge on any atom is 0.118 e. The first-order valence-corrected chi connectivity index (χ1v) is 6.75. The van der Waals surface area contributed by atoms with Gasteiger partial charge in [-0.1, -0.05) is 6.08 Å². The Hall–Kier alpha value is -1.30. The van der Waals surface area contributed by atoms with E-state index in [1.54, 1.807) is 0 Å². The van der Waals surface area contributed by atoms with Gasteiger partial charge in [-0.15, -0.1) is 0 Å². The highest BCUT2D eigenvalue weighted by atomic mass is 15.6. The van der Waals surface area contributed by atoms with E-state index in [0.717, 1.165) is 29.0 Å². The Bertz CT molecular complexity index is 453. The van der Waals surface area contributed by atoms with Crippen LogP contribution in [0.15, 0.2) is 34.8 Å². The van der Waals surface area contributed by atoms with E-state index in [1.165, 1.54) is 11.3 Å². The van der Waals surface area contributed by atoms with Crippen molar-refractivity contribution in [3.05, 3.63) is 34.8 Å². The van der Waals surface area contributed by atoms with Crippen molar-refractivity contribution in [2.24, 2.45) is 5.73 Å². The van der Waals surface area contributed by atoms with Gasteiger partial charge in [-0.3, -0.25) is 10.3 Å². The van der Waals surface area contributed by atoms with E-state index in [4.69, 9.17) is 5.73 Å². The second kappa shape index (κ2) is 5.00. The lowest BCUT2D eigenvalue weighted by molar-refractivity contribution is -0.869. The number of hydrogen-bond donors (Lipinski definition) is 3. The van der Waals surface area contributed by atoms with E-state index in [1.807, 2.05) is 0 Å². The van der Waals surface area contributed by atoms with Crippen LogP contribution < -0.4 is 16.5 Å². The van der Waals surface area contributed by atoms with Crippen molar-refractivity contribution in [3.63, 3.8) is 0 Å². The van der Waals surface area contributed by atoms with Gasteiger partial charge >= 0.3 is 0 Å². The standard InChI is InChI=1S/C14H26N5/c1-10-6-7-12-13(15)14(17-18(12)11(10)2)16-8-9-19(3,4)5/h6-7,14,16-17H,8-9,15H2,1-5H3/q+1. The fraction of sp³-hybridized carbons (Fsp3) is 0.571. The minimum Gasteiger partial charge on any atom is -0.398 e. The van der Waals surface area contributed by atoms with Gasteiger partial charge in [0.05, 0.1) is 39.1 Å². The zero-order chi connectivity index (χ0) is 14.2. The number of fused-ring (bicyclic) bond motifs is 1. The van der Waals surface area contributed by atoms with Crippen molar-refractivity contribution in [2.75, 3.05) is 34.2 Å². The summed E-state index contributed by atoms with van der Waals surface area (Å²) in [4.78, 5) is 0. The number of nitrogens with zero attached hydrogens (tertiary/aromatic N) is 2. The quantitative estimate of drug-likeness (QED) is 0.646. The molecule has 0 spiro atoms. The molecule has 0 saturated carbocycles. The van der Waals surface area contributed by atoms with E-state index < -0.39 is 0 Å². The lowest BCUT2D eigenvalue weighted by atomic mass is 10.1. The number of nitrogens with two attached hydrogens (primary N) is 1. The number of likely N-dealkylation sites (N-methyl/N-ethyl adjacent to an activating group) is 1. The van der Waals surface area contributed by atoms with Crippen LogP contribution in [0.4, 0.5) is 0 Å². The Balaban J connectivity index is 2.01. The van der Waals surface area contributed by atoms with Crippen LogP contribution in [0.5, 0.6) is 0 Å². The van der Waals surface area contributed by atoms with Crippen molar-refractivity contribution in [1.82, 2.24) is 15.8 Å². The van der Waals surface area contributed by atoms with Crippen LogP contribution in [0.2, 0.25) is 0 Å². The molecule has 0 amide bonds. The molecular formula is C14H26N5+. The predicted octanol–water partition coefficient (Wildman–Crippen LogP) is 0.463. The van der Waals surface area contributed by atoms with Crippen LogP contribution in [0.1, 0.15) is 13.8 Å². The molecule has 106 valence electrons. The number of rotatable bonds is 4. The molecule has 0 bridgehead atoms. The fourth-order valence-corrected chi connectivity index (χ4v) is 2.19. The first-order chi connectivity index (χ1) is 8.79. The van der Waals surface area contributed by atoms with Crippen molar-refractivity contribution < 1.29 is 4.48 Å². The van der Waals surface area contributed by atoms with Gasteiger partial charge in [-0.25, -0.2) is 5.43 Å². The summed E-state index contributed by atoms with van der Waals surface area (Å²) in [6.45, 7) is 6.20. The van der Waals surface area contributed by atoms with Crippen LogP contribution in [0.25, 0.3) is 0 Å². The van der Waals surface area contributed by atoms with Crippen molar-refractivity contribution in [2.45, 2.75) is 20.0 Å². The van der Waals surface area contributed by atoms with Crippen molar-refractivity contribution in [1.29, 1.82) is 0 Å². The zero-order valence-electron chi connectivity index (χ0n) is 12.6. The normalized spacial score (nSPS) is 23.4. The van der Waals surface area contributed by atoms with Gasteiger partial charge in [0, 0.05) is 12.2 Å². The van der Waals surface area contributed by atoms with E-state index in [0.29, 0.717) is 0 Å². The van der Waals surface area contributed by atoms with Crippen LogP contribution in [-0.2, 0) is 0 Å². The highest BCUT2D eigenvalue weighted by Gasteiger charge is 2.30. The zero-order valence-corrected chi connectivity index (χ0v) is 12.6. The summed E-state index contributed by atoms with van der Waals surface area (Å²) in [6.07, 6.45) is 4.21. The monoisotopic (exact) mass is 264 g/mol. The second-order valence-corrected chi connectivity index (χ2v) is 6.31. The second-order valence-electron chi connectivity index (χ2n) is 6.31. The molecule has 0 aromatic rings. The van der Waals surface area contributed by atoms with Crippen LogP contribution in [0, 0.1) is 0 Å². The lowest BCUT2D eigenvalue weighted by Gasteiger charge is -2.28. The van der Waals surface area contributed by atoms with Gasteiger partial charge in [0.2, 0.25) is 0 Å². The number of hydrogen-bond acceptors (Lipinski definition) is 4. The van der Waals surface area contributed by atoms with Gasteiger partial charge in [-0.2, -0.15) is 0 Å². The maximum absolute atomic E-state index is 6.23. The minimum atomic E-state index is 0.0204. The SMILES string of the molecule is CC1=C(C)N2NC(NCC[N+](C)(C)C)C(N)=C2C=C1. The van der Waals surface area contributed by atoms with Gasteiger partial charge in [0.1, 0.15) is 6.17 Å². The third kappa shape index (κ3) is 3.00. The fourth-order valence-electron chi connectivity index (χ4n) is 2.19. The molecule has 0 aromatic heterocycles. The Kier molecular flexibility index (Phi) is 3.71. The van der Waals surface area contributed by atoms with Crippen LogP contribution in [-0.4, -0.2) is 49.9 Å². The van der Waals surface area contributed by atoms with E-state index in [2.05, 4.69) is 62.9 Å². The topological polar surface area (TPSA) is 53.3 Å². The van der Waals surface area contributed by atoms with Crippen LogP contribution >= 0.6 is 0 Å². The molecule has 2 aliphatic rings. The highest BCUT2D eigenvalue weighted by molar-refractivity contribution is 5.42. The molecule has 19 heavy (non-hydrogen) atoms. The Morgan fingerprint density at radius 2 is 2.00 bits per heavy atom. The summed E-state index contributed by atoms with van der Waals surface area (Å²) in [6, 6.07) is 0. The van der Waals surface area contributed by atoms with Crippen LogP contribution in [0.3, 0.4) is 0 Å². The minimum absolute atomic E-state index is 0.0204. The molecule has 4 N–H and O–H groups in total. The molecular weight excluding hydrogens is 238 g/mol. The summed E-state index contributed by atoms with van der Waals surface area (Å²) in [5.74, 6) is 0. The molecule has 5 heteroatoms. The summed E-state index contributed by atoms with van der Waals surface area (Å²) < 4.78 is 0.942. The van der Waals surface area contributed by atoms with Gasteiger partial charge in [-0.05, 0) is 25.5 Å². The average Bonchev–Trinajstić information content (AvgIpc) is 2.61.